The van der Waals surface area contributed by atoms with Crippen LogP contribution in [0.4, 0.5) is 0 Å². The fourth-order valence-electron chi connectivity index (χ4n) is 1.54. The van der Waals surface area contributed by atoms with Gasteiger partial charge in [-0.05, 0) is 31.2 Å². The smallest absolute Gasteiger partial charge is 0.280 e. The summed E-state index contributed by atoms with van der Waals surface area (Å²) in [7, 11) is 0. The van der Waals surface area contributed by atoms with Crippen molar-refractivity contribution in [2.75, 3.05) is 0 Å². The van der Waals surface area contributed by atoms with Crippen LogP contribution in [0, 0.1) is 6.92 Å². The van der Waals surface area contributed by atoms with E-state index in [1.807, 2.05) is 12.1 Å². The van der Waals surface area contributed by atoms with Gasteiger partial charge in [-0.25, -0.2) is 4.68 Å². The first-order valence-corrected chi connectivity index (χ1v) is 5.68. The molecule has 0 saturated heterocycles. The molecule has 0 spiro atoms. The lowest BCUT2D eigenvalue weighted by atomic mass is 10.3. The topological polar surface area (TPSA) is 70.4 Å². The molecule has 0 saturated carbocycles. The van der Waals surface area contributed by atoms with Crippen LogP contribution in [-0.4, -0.2) is 21.2 Å². The maximum absolute atomic E-state index is 12.0. The number of rotatable bonds is 2. The van der Waals surface area contributed by atoms with E-state index in [0.717, 1.165) is 16.4 Å². The molecule has 0 atom stereocenters. The predicted molar refractivity (Wildman–Crippen MR) is 68.2 cm³/mol. The molecule has 0 aliphatic carbocycles. The Morgan fingerprint density at radius 1 is 1.41 bits per heavy atom. The number of benzene rings is 1. The van der Waals surface area contributed by atoms with Crippen molar-refractivity contribution < 1.29 is 5.21 Å². The number of H-pyrrole nitrogens is 1. The molecule has 88 valence electrons. The van der Waals surface area contributed by atoms with Gasteiger partial charge in [-0.2, -0.15) is 0 Å². The molecule has 0 amide bonds. The second-order valence-electron chi connectivity index (χ2n) is 3.51. The van der Waals surface area contributed by atoms with Crippen LogP contribution >= 0.6 is 15.9 Å². The Bertz CT molecular complexity index is 611. The van der Waals surface area contributed by atoms with Crippen molar-refractivity contribution >= 4 is 22.1 Å². The number of aromatic nitrogens is 2. The van der Waals surface area contributed by atoms with Gasteiger partial charge < -0.3 is 5.21 Å². The van der Waals surface area contributed by atoms with Gasteiger partial charge in [0, 0.05) is 10.2 Å². The lowest BCUT2D eigenvalue weighted by Gasteiger charge is -2.00. The van der Waals surface area contributed by atoms with Crippen molar-refractivity contribution in [3.8, 4) is 5.69 Å². The summed E-state index contributed by atoms with van der Waals surface area (Å²) in [5.74, 6) is 0. The van der Waals surface area contributed by atoms with E-state index in [0.29, 0.717) is 11.3 Å². The molecular formula is C11H10BrN3O2. The minimum Gasteiger partial charge on any atom is -0.411 e. The molecule has 2 rings (SSSR count). The highest BCUT2D eigenvalue weighted by Crippen LogP contribution is 2.12. The Labute approximate surface area is 105 Å². The number of nitrogens with one attached hydrogen (secondary N) is 1. The van der Waals surface area contributed by atoms with Crippen LogP contribution in [0.1, 0.15) is 11.3 Å². The highest BCUT2D eigenvalue weighted by atomic mass is 79.9. The van der Waals surface area contributed by atoms with Gasteiger partial charge in [0.15, 0.2) is 0 Å². The Morgan fingerprint density at radius 3 is 2.65 bits per heavy atom. The first-order chi connectivity index (χ1) is 8.13. The van der Waals surface area contributed by atoms with E-state index in [2.05, 4.69) is 26.2 Å². The number of aromatic amines is 1. The number of hydrogen-bond donors (Lipinski definition) is 2. The molecule has 17 heavy (non-hydrogen) atoms. The molecular weight excluding hydrogens is 286 g/mol. The summed E-state index contributed by atoms with van der Waals surface area (Å²) in [5, 5.41) is 14.3. The van der Waals surface area contributed by atoms with E-state index in [1.165, 1.54) is 4.68 Å². The van der Waals surface area contributed by atoms with E-state index in [4.69, 9.17) is 5.21 Å². The molecule has 1 aromatic carbocycles. The number of hydrogen-bond acceptors (Lipinski definition) is 3. The molecule has 0 aliphatic heterocycles. The number of nitrogens with zero attached hydrogens (tertiary/aromatic N) is 2. The van der Waals surface area contributed by atoms with Crippen LogP contribution < -0.4 is 5.56 Å². The first kappa shape index (κ1) is 11.7. The summed E-state index contributed by atoms with van der Waals surface area (Å²) in [6, 6.07) is 7.30. The van der Waals surface area contributed by atoms with Crippen molar-refractivity contribution in [1.29, 1.82) is 0 Å². The maximum Gasteiger partial charge on any atom is 0.280 e. The van der Waals surface area contributed by atoms with Crippen LogP contribution in [-0.2, 0) is 0 Å². The van der Waals surface area contributed by atoms with Gasteiger partial charge in [0.1, 0.15) is 0 Å². The quantitative estimate of drug-likeness (QED) is 0.506. The molecule has 0 bridgehead atoms. The van der Waals surface area contributed by atoms with Gasteiger partial charge >= 0.3 is 0 Å². The van der Waals surface area contributed by atoms with Crippen molar-refractivity contribution in [3.05, 3.63) is 50.3 Å². The molecule has 1 heterocycles. The van der Waals surface area contributed by atoms with E-state index < -0.39 is 0 Å². The van der Waals surface area contributed by atoms with Gasteiger partial charge in [-0.15, -0.1) is 0 Å². The van der Waals surface area contributed by atoms with E-state index in [9.17, 15) is 4.79 Å². The summed E-state index contributed by atoms with van der Waals surface area (Å²) in [5.41, 5.74) is 1.47. The maximum atomic E-state index is 12.0. The molecule has 0 unspecified atom stereocenters. The molecule has 0 radical (unpaired) electrons. The van der Waals surface area contributed by atoms with Crippen molar-refractivity contribution in [1.82, 2.24) is 9.78 Å². The SMILES string of the molecule is Cc1[nH]n(-c2ccc(Br)cc2)c(=O)c1C=NO. The standard InChI is InChI=1S/C11H10BrN3O2/c1-7-10(6-13-17)11(16)15(14-7)9-4-2-8(12)3-5-9/h2-6,14,17H,1H3. The average Bonchev–Trinajstić information content (AvgIpc) is 2.59. The Balaban J connectivity index is 2.57. The lowest BCUT2D eigenvalue weighted by molar-refractivity contribution is 0.322. The normalized spacial score (nSPS) is 11.2. The van der Waals surface area contributed by atoms with Crippen LogP contribution in [0.2, 0.25) is 0 Å². The highest BCUT2D eigenvalue weighted by molar-refractivity contribution is 9.10. The zero-order chi connectivity index (χ0) is 12.4. The number of oxime groups is 1. The number of aryl methyl sites for hydroxylation is 1. The highest BCUT2D eigenvalue weighted by Gasteiger charge is 2.10. The van der Waals surface area contributed by atoms with Gasteiger partial charge in [0.05, 0.1) is 17.5 Å². The Hall–Kier alpha value is -1.82. The third kappa shape index (κ3) is 2.16. The van der Waals surface area contributed by atoms with Gasteiger partial charge in [0.2, 0.25) is 0 Å². The Morgan fingerprint density at radius 2 is 2.06 bits per heavy atom. The summed E-state index contributed by atoms with van der Waals surface area (Å²) in [4.78, 5) is 12.0. The Kier molecular flexibility index (Phi) is 3.14. The minimum atomic E-state index is -0.248. The van der Waals surface area contributed by atoms with E-state index >= 15 is 0 Å². The summed E-state index contributed by atoms with van der Waals surface area (Å²) in [6.45, 7) is 1.74. The van der Waals surface area contributed by atoms with Crippen LogP contribution in [0.15, 0.2) is 38.7 Å². The number of halogens is 1. The van der Waals surface area contributed by atoms with Crippen LogP contribution in [0.3, 0.4) is 0 Å². The molecule has 2 N–H and O–H groups in total. The molecule has 0 fully saturated rings. The zero-order valence-corrected chi connectivity index (χ0v) is 10.6. The van der Waals surface area contributed by atoms with Crippen LogP contribution in [0.25, 0.3) is 5.69 Å². The summed E-state index contributed by atoms with van der Waals surface area (Å²) in [6.07, 6.45) is 1.13. The van der Waals surface area contributed by atoms with Crippen molar-refractivity contribution in [2.45, 2.75) is 6.92 Å². The molecule has 1 aromatic heterocycles. The largest absolute Gasteiger partial charge is 0.411 e. The van der Waals surface area contributed by atoms with Crippen molar-refractivity contribution in [2.24, 2.45) is 5.16 Å². The van der Waals surface area contributed by atoms with Crippen LogP contribution in [0.5, 0.6) is 0 Å². The molecule has 6 heteroatoms. The second-order valence-corrected chi connectivity index (χ2v) is 4.43. The molecule has 0 aliphatic rings. The molecule has 2 aromatic rings. The fraction of sp³-hybridized carbons (Fsp3) is 0.0909. The average molecular weight is 296 g/mol. The zero-order valence-electron chi connectivity index (χ0n) is 9.01. The minimum absolute atomic E-state index is 0.248. The van der Waals surface area contributed by atoms with Crippen molar-refractivity contribution in [3.63, 3.8) is 0 Å². The van der Waals surface area contributed by atoms with Gasteiger partial charge in [-0.3, -0.25) is 9.89 Å². The summed E-state index contributed by atoms with van der Waals surface area (Å²) >= 11 is 3.33. The van der Waals surface area contributed by atoms with E-state index in [1.54, 1.807) is 19.1 Å². The lowest BCUT2D eigenvalue weighted by Crippen LogP contribution is -2.17. The first-order valence-electron chi connectivity index (χ1n) is 4.88. The monoisotopic (exact) mass is 295 g/mol. The predicted octanol–water partition coefficient (Wildman–Crippen LogP) is 2.04. The third-order valence-electron chi connectivity index (χ3n) is 2.39. The molecule has 5 nitrogen and oxygen atoms in total. The second kappa shape index (κ2) is 4.58. The summed E-state index contributed by atoms with van der Waals surface area (Å²) < 4.78 is 2.34. The van der Waals surface area contributed by atoms with E-state index in [-0.39, 0.29) is 5.56 Å². The fourth-order valence-corrected chi connectivity index (χ4v) is 1.81. The van der Waals surface area contributed by atoms with Gasteiger partial charge in [0.25, 0.3) is 5.56 Å². The van der Waals surface area contributed by atoms with Gasteiger partial charge in [-0.1, -0.05) is 21.1 Å². The third-order valence-corrected chi connectivity index (χ3v) is 2.92.